The van der Waals surface area contributed by atoms with Gasteiger partial charge in [0.25, 0.3) is 0 Å². The summed E-state index contributed by atoms with van der Waals surface area (Å²) >= 11 is 0. The van der Waals surface area contributed by atoms with Gasteiger partial charge in [0.2, 0.25) is 0 Å². The van der Waals surface area contributed by atoms with E-state index in [4.69, 9.17) is 9.57 Å². The molecule has 0 aliphatic rings. The van der Waals surface area contributed by atoms with E-state index in [1.165, 1.54) is 0 Å². The van der Waals surface area contributed by atoms with Crippen molar-refractivity contribution >= 4 is 24.1 Å². The van der Waals surface area contributed by atoms with Gasteiger partial charge >= 0.3 is 17.8 Å². The standard InChI is InChI=1S/C15H25NO7/c1-13(2,3)22-11(19)10(18)16(23-14(4,5)6)15(7,8-9-17)12(20)21/h9H,8H2,1-7H3,(H,20,21)/t15-/m0/s1. The molecular weight excluding hydrogens is 306 g/mol. The average Bonchev–Trinajstić information content (AvgIpc) is 2.31. The highest BCUT2D eigenvalue weighted by molar-refractivity contribution is 6.32. The van der Waals surface area contributed by atoms with Gasteiger partial charge in [-0.3, -0.25) is 9.63 Å². The largest absolute Gasteiger partial charge is 0.479 e. The van der Waals surface area contributed by atoms with Gasteiger partial charge in [-0.1, -0.05) is 0 Å². The third-order valence-corrected chi connectivity index (χ3v) is 2.51. The van der Waals surface area contributed by atoms with Crippen LogP contribution in [0.4, 0.5) is 0 Å². The molecule has 0 unspecified atom stereocenters. The van der Waals surface area contributed by atoms with Crippen molar-refractivity contribution in [1.29, 1.82) is 0 Å². The first-order chi connectivity index (χ1) is 10.1. The number of hydroxylamine groups is 2. The molecule has 23 heavy (non-hydrogen) atoms. The molecule has 1 atom stereocenters. The number of carboxylic acid groups (broad SMARTS) is 1. The minimum atomic E-state index is -2.04. The molecule has 8 heteroatoms. The summed E-state index contributed by atoms with van der Waals surface area (Å²) in [7, 11) is 0. The first-order valence-corrected chi connectivity index (χ1v) is 7.08. The lowest BCUT2D eigenvalue weighted by Crippen LogP contribution is -2.59. The molecule has 0 radical (unpaired) electrons. The maximum atomic E-state index is 12.4. The van der Waals surface area contributed by atoms with E-state index in [-0.39, 0.29) is 0 Å². The lowest BCUT2D eigenvalue weighted by atomic mass is 9.98. The van der Waals surface area contributed by atoms with Crippen LogP contribution in [0.1, 0.15) is 54.9 Å². The number of nitrogens with zero attached hydrogens (tertiary/aromatic N) is 1. The Morgan fingerprint density at radius 1 is 1.00 bits per heavy atom. The van der Waals surface area contributed by atoms with Crippen LogP contribution in [-0.2, 0) is 28.8 Å². The molecule has 0 spiro atoms. The molecule has 0 aromatic carbocycles. The Bertz CT molecular complexity index is 487. The zero-order chi connectivity index (χ0) is 18.6. The summed E-state index contributed by atoms with van der Waals surface area (Å²) in [6, 6.07) is 0. The van der Waals surface area contributed by atoms with Crippen LogP contribution < -0.4 is 0 Å². The van der Waals surface area contributed by atoms with Crippen LogP contribution >= 0.6 is 0 Å². The number of hydrogen-bond donors (Lipinski definition) is 1. The van der Waals surface area contributed by atoms with E-state index in [2.05, 4.69) is 0 Å². The molecule has 8 nitrogen and oxygen atoms in total. The summed E-state index contributed by atoms with van der Waals surface area (Å²) in [6.45, 7) is 10.5. The van der Waals surface area contributed by atoms with Gasteiger partial charge in [-0.15, -0.1) is 0 Å². The number of carboxylic acids is 1. The predicted octanol–water partition coefficient (Wildman–Crippen LogP) is 1.32. The quantitative estimate of drug-likeness (QED) is 0.350. The van der Waals surface area contributed by atoms with Crippen molar-refractivity contribution in [2.75, 3.05) is 0 Å². The zero-order valence-electron chi connectivity index (χ0n) is 14.6. The third kappa shape index (κ3) is 6.35. The van der Waals surface area contributed by atoms with Crippen LogP contribution in [0.15, 0.2) is 0 Å². The molecule has 0 fully saturated rings. The Morgan fingerprint density at radius 3 is 1.78 bits per heavy atom. The second-order valence-corrected chi connectivity index (χ2v) is 7.25. The monoisotopic (exact) mass is 331 g/mol. The number of hydrogen-bond acceptors (Lipinski definition) is 6. The maximum Gasteiger partial charge on any atom is 0.399 e. The molecule has 1 N–H and O–H groups in total. The highest BCUT2D eigenvalue weighted by atomic mass is 16.7. The molecule has 0 saturated heterocycles. The number of rotatable bonds is 5. The summed E-state index contributed by atoms with van der Waals surface area (Å²) in [5.74, 6) is -4.03. The van der Waals surface area contributed by atoms with Gasteiger partial charge in [0.15, 0.2) is 5.54 Å². The molecule has 0 heterocycles. The molecule has 0 aliphatic carbocycles. The molecule has 1 amide bonds. The van der Waals surface area contributed by atoms with Gasteiger partial charge in [0.05, 0.1) is 5.60 Å². The van der Waals surface area contributed by atoms with Crippen molar-refractivity contribution in [3.05, 3.63) is 0 Å². The number of esters is 1. The number of amides is 1. The molecular formula is C15H25NO7. The van der Waals surface area contributed by atoms with Gasteiger partial charge in [-0.25, -0.2) is 9.59 Å². The number of carbonyl (C=O) groups is 4. The minimum Gasteiger partial charge on any atom is -0.479 e. The fourth-order valence-electron chi connectivity index (χ4n) is 1.46. The maximum absolute atomic E-state index is 12.4. The Hall–Kier alpha value is -1.96. The summed E-state index contributed by atoms with van der Waals surface area (Å²) in [6.07, 6.45) is -0.206. The Labute approximate surface area is 135 Å². The highest BCUT2D eigenvalue weighted by Crippen LogP contribution is 2.25. The average molecular weight is 331 g/mol. The molecule has 0 aliphatic heterocycles. The number of aldehydes is 1. The molecule has 0 rings (SSSR count). The predicted molar refractivity (Wildman–Crippen MR) is 80.3 cm³/mol. The smallest absolute Gasteiger partial charge is 0.399 e. The first kappa shape index (κ1) is 21.0. The van der Waals surface area contributed by atoms with E-state index in [9.17, 15) is 24.3 Å². The van der Waals surface area contributed by atoms with Crippen molar-refractivity contribution in [2.24, 2.45) is 0 Å². The van der Waals surface area contributed by atoms with Gasteiger partial charge in [-0.2, -0.15) is 5.06 Å². The van der Waals surface area contributed by atoms with Gasteiger partial charge < -0.3 is 14.6 Å². The Balaban J connectivity index is 5.78. The van der Waals surface area contributed by atoms with Crippen molar-refractivity contribution < 1.29 is 33.9 Å². The van der Waals surface area contributed by atoms with Gasteiger partial charge in [0, 0.05) is 6.42 Å². The lowest BCUT2D eigenvalue weighted by Gasteiger charge is -2.39. The Morgan fingerprint density at radius 2 is 1.48 bits per heavy atom. The first-order valence-electron chi connectivity index (χ1n) is 7.08. The van der Waals surface area contributed by atoms with E-state index in [0.29, 0.717) is 11.3 Å². The third-order valence-electron chi connectivity index (χ3n) is 2.51. The second-order valence-electron chi connectivity index (χ2n) is 7.25. The van der Waals surface area contributed by atoms with Crippen LogP contribution in [0.2, 0.25) is 0 Å². The molecule has 132 valence electrons. The number of aliphatic carboxylic acids is 1. The fourth-order valence-corrected chi connectivity index (χ4v) is 1.46. The van der Waals surface area contributed by atoms with E-state index in [1.807, 2.05) is 0 Å². The van der Waals surface area contributed by atoms with E-state index < -0.39 is 41.0 Å². The number of ether oxygens (including phenoxy) is 1. The molecule has 0 aromatic heterocycles. The van der Waals surface area contributed by atoms with Crippen LogP contribution in [0.3, 0.4) is 0 Å². The van der Waals surface area contributed by atoms with Gasteiger partial charge in [-0.05, 0) is 48.5 Å². The summed E-state index contributed by atoms with van der Waals surface area (Å²) < 4.78 is 4.96. The normalized spacial score (nSPS) is 14.6. The Kier molecular flexibility index (Phi) is 6.47. The summed E-state index contributed by atoms with van der Waals surface area (Å²) in [5.41, 5.74) is -3.95. The van der Waals surface area contributed by atoms with E-state index in [0.717, 1.165) is 6.92 Å². The van der Waals surface area contributed by atoms with Gasteiger partial charge in [0.1, 0.15) is 11.9 Å². The van der Waals surface area contributed by atoms with Crippen molar-refractivity contribution in [3.63, 3.8) is 0 Å². The summed E-state index contributed by atoms with van der Waals surface area (Å²) in [5, 5.41) is 9.82. The van der Waals surface area contributed by atoms with Crippen molar-refractivity contribution in [3.8, 4) is 0 Å². The van der Waals surface area contributed by atoms with Crippen molar-refractivity contribution in [2.45, 2.75) is 71.6 Å². The van der Waals surface area contributed by atoms with Crippen LogP contribution in [0, 0.1) is 0 Å². The zero-order valence-corrected chi connectivity index (χ0v) is 14.6. The number of carbonyl (C=O) groups excluding carboxylic acids is 3. The van der Waals surface area contributed by atoms with Crippen LogP contribution in [0.5, 0.6) is 0 Å². The fraction of sp³-hybridized carbons (Fsp3) is 0.733. The SMILES string of the molecule is CC(C)(C)OC(=O)C(=O)N(OC(C)(C)C)[C@@](C)(CC=O)C(=O)O. The second kappa shape index (κ2) is 7.08. The lowest BCUT2D eigenvalue weighted by molar-refractivity contribution is -0.263. The molecule has 0 saturated carbocycles. The van der Waals surface area contributed by atoms with E-state index >= 15 is 0 Å². The molecule has 0 bridgehead atoms. The summed E-state index contributed by atoms with van der Waals surface area (Å²) in [4.78, 5) is 52.1. The van der Waals surface area contributed by atoms with Crippen LogP contribution in [0.25, 0.3) is 0 Å². The van der Waals surface area contributed by atoms with Crippen LogP contribution in [-0.4, -0.2) is 51.0 Å². The topological polar surface area (TPSA) is 110 Å². The minimum absolute atomic E-state index is 0.343. The molecule has 0 aromatic rings. The highest BCUT2D eigenvalue weighted by Gasteiger charge is 2.48. The van der Waals surface area contributed by atoms with E-state index in [1.54, 1.807) is 41.5 Å². The van der Waals surface area contributed by atoms with Crippen molar-refractivity contribution in [1.82, 2.24) is 5.06 Å².